The Labute approximate surface area is 56.7 Å². The maximum atomic E-state index is 8.02. The predicted molar refractivity (Wildman–Crippen MR) is 40.9 cm³/mol. The summed E-state index contributed by atoms with van der Waals surface area (Å²) in [7, 11) is 0. The summed E-state index contributed by atoms with van der Waals surface area (Å²) in [6.45, 7) is 8.73. The fourth-order valence-electron chi connectivity index (χ4n) is 0. The van der Waals surface area contributed by atoms with E-state index in [1.807, 2.05) is 6.08 Å². The van der Waals surface area contributed by atoms with Gasteiger partial charge in [-0.15, -0.1) is 6.58 Å². The number of aliphatic hydroxyl groups is 1. The fourth-order valence-corrected chi connectivity index (χ4v) is 0. The van der Waals surface area contributed by atoms with E-state index in [1.54, 1.807) is 0 Å². The molecular formula is C7H15NO. The first-order chi connectivity index (χ1) is 4.18. The molecule has 2 nitrogen and oxygen atoms in total. The molecule has 0 aromatic heterocycles. The van der Waals surface area contributed by atoms with E-state index in [0.717, 1.165) is 6.42 Å². The Bertz CT molecular complexity index is 69.3. The molecule has 1 atom stereocenters. The third-order valence-corrected chi connectivity index (χ3v) is 0.530. The Morgan fingerprint density at radius 2 is 1.89 bits per heavy atom. The minimum absolute atomic E-state index is 0.852. The van der Waals surface area contributed by atoms with Crippen molar-refractivity contribution in [3.63, 3.8) is 0 Å². The van der Waals surface area contributed by atoms with Crippen molar-refractivity contribution in [2.75, 3.05) is 0 Å². The molecule has 0 bridgehead atoms. The topological polar surface area (TPSA) is 46.2 Å². The zero-order chi connectivity index (χ0) is 7.70. The first-order valence-corrected chi connectivity index (χ1v) is 2.86. The summed E-state index contributed by atoms with van der Waals surface area (Å²) in [6, 6.07) is 0. The molecule has 9 heavy (non-hydrogen) atoms. The van der Waals surface area contributed by atoms with Crippen LogP contribution in [-0.4, -0.2) is 11.3 Å². The largest absolute Gasteiger partial charge is 0.375 e. The first kappa shape index (κ1) is 11.2. The Hall–Kier alpha value is -0.600. The molecule has 0 amide bonds. The van der Waals surface area contributed by atoms with E-state index in [9.17, 15) is 0 Å². The number of hydrogen-bond acceptors (Lipinski definition) is 2. The second-order valence-corrected chi connectivity index (χ2v) is 1.42. The average molecular weight is 129 g/mol. The van der Waals surface area contributed by atoms with E-state index in [-0.39, 0.29) is 0 Å². The quantitative estimate of drug-likeness (QED) is 0.432. The lowest BCUT2D eigenvalue weighted by Gasteiger charge is -1.85. The van der Waals surface area contributed by atoms with Crippen LogP contribution in [-0.2, 0) is 0 Å². The van der Waals surface area contributed by atoms with E-state index in [1.165, 1.54) is 6.08 Å². The Morgan fingerprint density at radius 3 is 1.89 bits per heavy atom. The van der Waals surface area contributed by atoms with Gasteiger partial charge in [-0.1, -0.05) is 19.6 Å². The highest BCUT2D eigenvalue weighted by atomic mass is 16.3. The van der Waals surface area contributed by atoms with Crippen molar-refractivity contribution in [1.29, 1.82) is 0 Å². The van der Waals surface area contributed by atoms with Crippen LogP contribution < -0.4 is 5.73 Å². The molecule has 0 aliphatic rings. The Morgan fingerprint density at radius 1 is 1.67 bits per heavy atom. The summed E-state index contributed by atoms with van der Waals surface area (Å²) in [4.78, 5) is 0. The lowest BCUT2D eigenvalue weighted by molar-refractivity contribution is 0.232. The van der Waals surface area contributed by atoms with Crippen molar-refractivity contribution >= 4 is 0 Å². The number of hydrogen-bond donors (Lipinski definition) is 2. The molecular weight excluding hydrogens is 114 g/mol. The van der Waals surface area contributed by atoms with Crippen LogP contribution in [0.1, 0.15) is 13.3 Å². The second-order valence-electron chi connectivity index (χ2n) is 1.42. The van der Waals surface area contributed by atoms with Crippen molar-refractivity contribution in [2.45, 2.75) is 19.6 Å². The summed E-state index contributed by atoms with van der Waals surface area (Å²) in [5.74, 6) is 0. The van der Waals surface area contributed by atoms with E-state index in [4.69, 9.17) is 10.8 Å². The lowest BCUT2D eigenvalue weighted by Crippen LogP contribution is -2.13. The number of allylic oxidation sites excluding steroid dienone is 1. The van der Waals surface area contributed by atoms with Crippen LogP contribution >= 0.6 is 0 Å². The summed E-state index contributed by atoms with van der Waals surface area (Å²) < 4.78 is 0. The van der Waals surface area contributed by atoms with Gasteiger partial charge in [-0.3, -0.25) is 0 Å². The molecule has 3 N–H and O–H groups in total. The van der Waals surface area contributed by atoms with Gasteiger partial charge in [0.05, 0.1) is 0 Å². The Balaban J connectivity index is 0. The molecule has 0 rings (SSSR count). The van der Waals surface area contributed by atoms with Gasteiger partial charge in [-0.2, -0.15) is 0 Å². The molecule has 0 radical (unpaired) electrons. The van der Waals surface area contributed by atoms with Crippen molar-refractivity contribution in [3.8, 4) is 0 Å². The predicted octanol–water partition coefficient (Wildman–Crippen LogP) is 1.03. The molecule has 0 aromatic rings. The molecule has 0 aromatic carbocycles. The number of nitrogens with two attached hydrogens (primary N) is 1. The van der Waals surface area contributed by atoms with E-state index >= 15 is 0 Å². The Kier molecular flexibility index (Phi) is 13.0. The van der Waals surface area contributed by atoms with E-state index in [0.29, 0.717) is 0 Å². The van der Waals surface area contributed by atoms with Gasteiger partial charge < -0.3 is 10.8 Å². The third kappa shape index (κ3) is 37.5. The monoisotopic (exact) mass is 129 g/mol. The van der Waals surface area contributed by atoms with Crippen LogP contribution in [0.25, 0.3) is 0 Å². The highest BCUT2D eigenvalue weighted by Crippen LogP contribution is 1.66. The molecule has 1 unspecified atom stereocenters. The van der Waals surface area contributed by atoms with Crippen LogP contribution in [0.3, 0.4) is 0 Å². The molecule has 0 spiro atoms. The highest BCUT2D eigenvalue weighted by molar-refractivity contribution is 4.70. The van der Waals surface area contributed by atoms with Crippen LogP contribution in [0.15, 0.2) is 25.3 Å². The van der Waals surface area contributed by atoms with Gasteiger partial charge in [0.1, 0.15) is 6.23 Å². The molecule has 2 heteroatoms. The average Bonchev–Trinajstić information content (AvgIpc) is 1.89. The van der Waals surface area contributed by atoms with E-state index in [2.05, 4.69) is 20.1 Å². The normalized spacial score (nSPS) is 10.6. The second kappa shape index (κ2) is 10.4. The lowest BCUT2D eigenvalue weighted by atomic mass is 10.5. The third-order valence-electron chi connectivity index (χ3n) is 0.530. The molecule has 0 aliphatic carbocycles. The van der Waals surface area contributed by atoms with Crippen LogP contribution in [0.2, 0.25) is 0 Å². The fraction of sp³-hybridized carbons (Fsp3) is 0.429. The molecule has 54 valence electrons. The highest BCUT2D eigenvalue weighted by Gasteiger charge is 1.74. The maximum absolute atomic E-state index is 8.02. The van der Waals surface area contributed by atoms with Gasteiger partial charge in [0.25, 0.3) is 0 Å². The molecule has 0 heterocycles. The van der Waals surface area contributed by atoms with Gasteiger partial charge in [0.2, 0.25) is 0 Å². The number of rotatable bonds is 2. The van der Waals surface area contributed by atoms with Crippen LogP contribution in [0, 0.1) is 0 Å². The van der Waals surface area contributed by atoms with Gasteiger partial charge in [-0.25, -0.2) is 0 Å². The minimum atomic E-state index is -0.852. The van der Waals surface area contributed by atoms with Crippen molar-refractivity contribution < 1.29 is 5.11 Å². The molecule has 0 aliphatic heterocycles. The zero-order valence-corrected chi connectivity index (χ0v) is 5.88. The number of aliphatic hydroxyl groups excluding tert-OH is 1. The van der Waals surface area contributed by atoms with Gasteiger partial charge in [0, 0.05) is 0 Å². The first-order valence-electron chi connectivity index (χ1n) is 2.86. The molecule has 0 saturated carbocycles. The standard InChI is InChI=1S/C4H8.C3H7NO/c1-3-4-2;1-2-3(4)5/h3H,1,4H2,2H3;2-3,5H,1,4H2. The minimum Gasteiger partial charge on any atom is -0.375 e. The smallest absolute Gasteiger partial charge is 0.121 e. The SMILES string of the molecule is C=CC(N)O.C=CCC. The van der Waals surface area contributed by atoms with Crippen molar-refractivity contribution in [2.24, 2.45) is 5.73 Å². The van der Waals surface area contributed by atoms with Crippen LogP contribution in [0.5, 0.6) is 0 Å². The van der Waals surface area contributed by atoms with Crippen molar-refractivity contribution in [1.82, 2.24) is 0 Å². The summed E-state index contributed by atoms with van der Waals surface area (Å²) >= 11 is 0. The van der Waals surface area contributed by atoms with Crippen LogP contribution in [0.4, 0.5) is 0 Å². The maximum Gasteiger partial charge on any atom is 0.121 e. The van der Waals surface area contributed by atoms with Crippen molar-refractivity contribution in [3.05, 3.63) is 25.3 Å². The zero-order valence-electron chi connectivity index (χ0n) is 5.88. The molecule has 0 fully saturated rings. The summed E-state index contributed by atoms with van der Waals surface area (Å²) in [6.07, 6.45) is 3.36. The molecule has 0 saturated heterocycles. The summed E-state index contributed by atoms with van der Waals surface area (Å²) in [5.41, 5.74) is 4.73. The van der Waals surface area contributed by atoms with Gasteiger partial charge in [-0.05, 0) is 12.5 Å². The van der Waals surface area contributed by atoms with Gasteiger partial charge in [0.15, 0.2) is 0 Å². The van der Waals surface area contributed by atoms with E-state index < -0.39 is 6.23 Å². The summed E-state index contributed by atoms with van der Waals surface area (Å²) in [5, 5.41) is 8.02. The van der Waals surface area contributed by atoms with Gasteiger partial charge >= 0.3 is 0 Å².